The lowest BCUT2D eigenvalue weighted by molar-refractivity contribution is -0.116. The van der Waals surface area contributed by atoms with E-state index >= 15 is 0 Å². The SMILES string of the molecule is CC(C)c1nnc(SCC(=O)N(c2ccccc2)C(C)C)n1Cc1ccco1. The summed E-state index contributed by atoms with van der Waals surface area (Å²) >= 11 is 1.41. The molecule has 3 rings (SSSR count). The summed E-state index contributed by atoms with van der Waals surface area (Å²) in [5, 5.41) is 9.40. The Hall–Kier alpha value is -2.54. The lowest BCUT2D eigenvalue weighted by atomic mass is 10.2. The van der Waals surface area contributed by atoms with Crippen LogP contribution < -0.4 is 4.90 Å². The molecule has 0 saturated heterocycles. The molecule has 0 bridgehead atoms. The van der Waals surface area contributed by atoms with Gasteiger partial charge in [0.2, 0.25) is 5.91 Å². The Bertz CT molecular complexity index is 889. The van der Waals surface area contributed by atoms with Gasteiger partial charge in [-0.15, -0.1) is 10.2 Å². The number of furan rings is 1. The number of benzene rings is 1. The third kappa shape index (κ3) is 4.65. The molecule has 0 aliphatic carbocycles. The van der Waals surface area contributed by atoms with Crippen LogP contribution in [-0.2, 0) is 11.3 Å². The Labute approximate surface area is 169 Å². The zero-order valence-corrected chi connectivity index (χ0v) is 17.5. The van der Waals surface area contributed by atoms with Crippen molar-refractivity contribution in [3.8, 4) is 0 Å². The van der Waals surface area contributed by atoms with Crippen LogP contribution >= 0.6 is 11.8 Å². The van der Waals surface area contributed by atoms with Gasteiger partial charge >= 0.3 is 0 Å². The minimum atomic E-state index is 0.0462. The van der Waals surface area contributed by atoms with Crippen LogP contribution in [0.2, 0.25) is 0 Å². The van der Waals surface area contributed by atoms with Crippen LogP contribution in [0.15, 0.2) is 58.3 Å². The molecule has 0 atom stereocenters. The van der Waals surface area contributed by atoms with Crippen LogP contribution in [-0.4, -0.2) is 32.5 Å². The van der Waals surface area contributed by atoms with Crippen LogP contribution in [0.3, 0.4) is 0 Å². The summed E-state index contributed by atoms with van der Waals surface area (Å²) in [6, 6.07) is 13.6. The van der Waals surface area contributed by atoms with Gasteiger partial charge in [-0.3, -0.25) is 9.36 Å². The van der Waals surface area contributed by atoms with Gasteiger partial charge in [-0.1, -0.05) is 43.8 Å². The first-order valence-electron chi connectivity index (χ1n) is 9.42. The molecule has 0 aliphatic heterocycles. The van der Waals surface area contributed by atoms with Crippen LogP contribution in [0.4, 0.5) is 5.69 Å². The van der Waals surface area contributed by atoms with Crippen molar-refractivity contribution in [2.45, 2.75) is 51.4 Å². The van der Waals surface area contributed by atoms with Gasteiger partial charge in [-0.25, -0.2) is 0 Å². The number of aromatic nitrogens is 3. The van der Waals surface area contributed by atoms with Gasteiger partial charge in [0.05, 0.1) is 18.6 Å². The lowest BCUT2D eigenvalue weighted by Gasteiger charge is -2.26. The molecule has 0 saturated carbocycles. The molecule has 3 aromatic rings. The summed E-state index contributed by atoms with van der Waals surface area (Å²) in [4.78, 5) is 14.8. The van der Waals surface area contributed by atoms with Gasteiger partial charge < -0.3 is 9.32 Å². The number of anilines is 1. The maximum atomic E-state index is 13.0. The lowest BCUT2D eigenvalue weighted by Crippen LogP contribution is -2.38. The van der Waals surface area contributed by atoms with Gasteiger partial charge in [0.25, 0.3) is 0 Å². The quantitative estimate of drug-likeness (QED) is 0.520. The molecule has 7 heteroatoms. The first-order chi connectivity index (χ1) is 13.5. The molecular weight excluding hydrogens is 372 g/mol. The minimum absolute atomic E-state index is 0.0462. The van der Waals surface area contributed by atoms with E-state index in [1.165, 1.54) is 11.8 Å². The molecule has 0 fully saturated rings. The van der Waals surface area contributed by atoms with Crippen molar-refractivity contribution in [2.75, 3.05) is 10.7 Å². The number of nitrogens with zero attached hydrogens (tertiary/aromatic N) is 4. The molecule has 1 amide bonds. The van der Waals surface area contributed by atoms with Crippen LogP contribution in [0.1, 0.15) is 45.2 Å². The van der Waals surface area contributed by atoms with Gasteiger partial charge in [0.1, 0.15) is 11.6 Å². The third-order valence-electron chi connectivity index (χ3n) is 4.30. The highest BCUT2D eigenvalue weighted by atomic mass is 32.2. The van der Waals surface area contributed by atoms with Crippen molar-refractivity contribution in [3.63, 3.8) is 0 Å². The van der Waals surface area contributed by atoms with E-state index in [0.717, 1.165) is 22.4 Å². The molecule has 0 spiro atoms. The van der Waals surface area contributed by atoms with Crippen LogP contribution in [0.5, 0.6) is 0 Å². The first-order valence-corrected chi connectivity index (χ1v) is 10.4. The van der Waals surface area contributed by atoms with E-state index < -0.39 is 0 Å². The van der Waals surface area contributed by atoms with Crippen LogP contribution in [0.25, 0.3) is 0 Å². The zero-order valence-electron chi connectivity index (χ0n) is 16.7. The van der Waals surface area contributed by atoms with Crippen molar-refractivity contribution in [3.05, 3.63) is 60.3 Å². The number of rotatable bonds is 8. The molecule has 28 heavy (non-hydrogen) atoms. The second-order valence-corrected chi connectivity index (χ2v) is 8.09. The first kappa shape index (κ1) is 20.2. The topological polar surface area (TPSA) is 64.2 Å². The molecule has 2 aromatic heterocycles. The highest BCUT2D eigenvalue weighted by molar-refractivity contribution is 7.99. The average Bonchev–Trinajstić information content (AvgIpc) is 3.31. The third-order valence-corrected chi connectivity index (χ3v) is 5.25. The summed E-state index contributed by atoms with van der Waals surface area (Å²) < 4.78 is 7.52. The Kier molecular flexibility index (Phi) is 6.57. The molecule has 0 unspecified atom stereocenters. The number of amides is 1. The monoisotopic (exact) mass is 398 g/mol. The number of carbonyl (C=O) groups excluding carboxylic acids is 1. The number of thioether (sulfide) groups is 1. The summed E-state index contributed by atoms with van der Waals surface area (Å²) in [6.45, 7) is 8.75. The van der Waals surface area contributed by atoms with Crippen molar-refractivity contribution < 1.29 is 9.21 Å². The maximum Gasteiger partial charge on any atom is 0.237 e. The molecule has 0 aliphatic rings. The van der Waals surface area contributed by atoms with E-state index in [4.69, 9.17) is 4.42 Å². The highest BCUT2D eigenvalue weighted by Gasteiger charge is 2.22. The minimum Gasteiger partial charge on any atom is -0.467 e. The number of para-hydroxylation sites is 1. The van der Waals surface area contributed by atoms with Crippen molar-refractivity contribution in [1.29, 1.82) is 0 Å². The number of hydrogen-bond donors (Lipinski definition) is 0. The fourth-order valence-corrected chi connectivity index (χ4v) is 3.86. The Balaban J connectivity index is 1.77. The number of carbonyl (C=O) groups is 1. The molecule has 0 N–H and O–H groups in total. The summed E-state index contributed by atoms with van der Waals surface area (Å²) in [7, 11) is 0. The molecule has 6 nitrogen and oxygen atoms in total. The van der Waals surface area contributed by atoms with E-state index in [2.05, 4.69) is 24.0 Å². The molecule has 1 aromatic carbocycles. The summed E-state index contributed by atoms with van der Waals surface area (Å²) in [5.74, 6) is 2.29. The molecule has 148 valence electrons. The Morgan fingerprint density at radius 2 is 1.86 bits per heavy atom. The van der Waals surface area contributed by atoms with Gasteiger partial charge in [-0.05, 0) is 38.1 Å². The molecule has 2 heterocycles. The Morgan fingerprint density at radius 1 is 1.11 bits per heavy atom. The molecule has 0 radical (unpaired) electrons. The smallest absolute Gasteiger partial charge is 0.237 e. The number of hydrogen-bond acceptors (Lipinski definition) is 5. The fraction of sp³-hybridized carbons (Fsp3) is 0.381. The van der Waals surface area contributed by atoms with E-state index in [0.29, 0.717) is 12.3 Å². The van der Waals surface area contributed by atoms with Crippen molar-refractivity contribution in [2.24, 2.45) is 0 Å². The second kappa shape index (κ2) is 9.10. The summed E-state index contributed by atoms with van der Waals surface area (Å²) in [5.41, 5.74) is 0.906. The standard InChI is InChI=1S/C21H26N4O2S/c1-15(2)20-22-23-21(24(20)13-18-11-8-12-27-18)28-14-19(26)25(16(3)4)17-9-6-5-7-10-17/h5-12,15-16H,13-14H2,1-4H3. The normalized spacial score (nSPS) is 11.4. The van der Waals surface area contributed by atoms with E-state index in [1.54, 1.807) is 6.26 Å². The highest BCUT2D eigenvalue weighted by Crippen LogP contribution is 2.25. The van der Waals surface area contributed by atoms with E-state index in [9.17, 15) is 4.79 Å². The fourth-order valence-electron chi connectivity index (χ4n) is 3.06. The summed E-state index contributed by atoms with van der Waals surface area (Å²) in [6.07, 6.45) is 1.66. The maximum absolute atomic E-state index is 13.0. The van der Waals surface area contributed by atoms with Crippen LogP contribution in [0, 0.1) is 0 Å². The predicted molar refractivity (Wildman–Crippen MR) is 112 cm³/mol. The van der Waals surface area contributed by atoms with E-state index in [-0.39, 0.29) is 17.9 Å². The average molecular weight is 399 g/mol. The van der Waals surface area contributed by atoms with Crippen molar-refractivity contribution in [1.82, 2.24) is 14.8 Å². The second-order valence-electron chi connectivity index (χ2n) is 7.14. The van der Waals surface area contributed by atoms with Gasteiger partial charge in [-0.2, -0.15) is 0 Å². The molecular formula is C21H26N4O2S. The van der Waals surface area contributed by atoms with Crippen molar-refractivity contribution >= 4 is 23.4 Å². The van der Waals surface area contributed by atoms with Gasteiger partial charge in [0, 0.05) is 17.6 Å². The predicted octanol–water partition coefficient (Wildman–Crippen LogP) is 4.58. The van der Waals surface area contributed by atoms with E-state index in [1.807, 2.05) is 65.8 Å². The Morgan fingerprint density at radius 3 is 2.46 bits per heavy atom. The zero-order chi connectivity index (χ0) is 20.1. The van der Waals surface area contributed by atoms with Gasteiger partial charge in [0.15, 0.2) is 5.16 Å². The largest absolute Gasteiger partial charge is 0.467 e.